The molecule has 23 heavy (non-hydrogen) atoms. The number of fused-ring (bicyclic) bond motifs is 2. The Bertz CT molecular complexity index is 1000. The zero-order valence-electron chi connectivity index (χ0n) is 12.1. The molecule has 4 rings (SSSR count). The van der Waals surface area contributed by atoms with Crippen LogP contribution >= 0.6 is 0 Å². The van der Waals surface area contributed by atoms with Gasteiger partial charge in [-0.2, -0.15) is 5.10 Å². The van der Waals surface area contributed by atoms with Crippen molar-refractivity contribution in [2.75, 3.05) is 5.32 Å². The van der Waals surface area contributed by atoms with Gasteiger partial charge in [0.1, 0.15) is 0 Å². The van der Waals surface area contributed by atoms with Crippen molar-refractivity contribution in [2.24, 2.45) is 0 Å². The van der Waals surface area contributed by atoms with E-state index in [1.54, 1.807) is 24.5 Å². The lowest BCUT2D eigenvalue weighted by atomic mass is 10.1. The summed E-state index contributed by atoms with van der Waals surface area (Å²) in [7, 11) is 0. The number of aliphatic hydroxyl groups excluding tert-OH is 1. The van der Waals surface area contributed by atoms with E-state index in [9.17, 15) is 9.90 Å². The van der Waals surface area contributed by atoms with Gasteiger partial charge in [-0.15, -0.1) is 0 Å². The number of benzene rings is 2. The van der Waals surface area contributed by atoms with Crippen LogP contribution in [0.5, 0.6) is 0 Å². The summed E-state index contributed by atoms with van der Waals surface area (Å²) >= 11 is 0. The summed E-state index contributed by atoms with van der Waals surface area (Å²) < 4.78 is 0. The first kappa shape index (κ1) is 13.5. The van der Waals surface area contributed by atoms with Gasteiger partial charge < -0.3 is 15.4 Å². The van der Waals surface area contributed by atoms with E-state index in [4.69, 9.17) is 0 Å². The number of anilines is 1. The Morgan fingerprint density at radius 3 is 2.96 bits per heavy atom. The smallest absolute Gasteiger partial charge is 0.257 e. The molecule has 2 aromatic carbocycles. The molecule has 0 spiro atoms. The standard InChI is InChI=1S/C17H14N4O2/c22-16(13-9-18-15-4-2-1-3-12(13)15)17(23)20-11-5-6-14-10(7-11)8-19-21-14/h1-9,16,18,22H,(H,19,21)(H,20,23). The Hall–Kier alpha value is -3.12. The van der Waals surface area contributed by atoms with Crippen LogP contribution < -0.4 is 5.32 Å². The Kier molecular flexibility index (Phi) is 3.09. The van der Waals surface area contributed by atoms with Crippen molar-refractivity contribution in [1.82, 2.24) is 15.2 Å². The predicted octanol–water partition coefficient (Wildman–Crippen LogP) is 2.72. The average molecular weight is 306 g/mol. The van der Waals surface area contributed by atoms with E-state index in [1.165, 1.54) is 0 Å². The highest BCUT2D eigenvalue weighted by atomic mass is 16.3. The maximum atomic E-state index is 12.3. The van der Waals surface area contributed by atoms with Crippen LogP contribution in [0.25, 0.3) is 21.8 Å². The second-order valence-corrected chi connectivity index (χ2v) is 5.35. The van der Waals surface area contributed by atoms with Gasteiger partial charge in [-0.25, -0.2) is 0 Å². The molecule has 0 bridgehead atoms. The summed E-state index contributed by atoms with van der Waals surface area (Å²) in [6, 6.07) is 12.9. The average Bonchev–Trinajstić information content (AvgIpc) is 3.20. The lowest BCUT2D eigenvalue weighted by molar-refractivity contribution is -0.124. The first-order chi connectivity index (χ1) is 11.2. The summed E-state index contributed by atoms with van der Waals surface area (Å²) in [6.07, 6.45) is 2.10. The number of nitrogens with one attached hydrogen (secondary N) is 3. The van der Waals surface area contributed by atoms with E-state index in [0.29, 0.717) is 11.3 Å². The molecule has 0 saturated carbocycles. The number of amides is 1. The third-order valence-electron chi connectivity index (χ3n) is 3.87. The largest absolute Gasteiger partial charge is 0.378 e. The molecule has 2 aromatic heterocycles. The second-order valence-electron chi connectivity index (χ2n) is 5.35. The minimum absolute atomic E-state index is 0.474. The molecule has 114 valence electrons. The summed E-state index contributed by atoms with van der Waals surface area (Å²) in [5.41, 5.74) is 2.94. The van der Waals surface area contributed by atoms with Crippen molar-refractivity contribution >= 4 is 33.4 Å². The zero-order chi connectivity index (χ0) is 15.8. The molecule has 0 radical (unpaired) electrons. The van der Waals surface area contributed by atoms with Crippen molar-refractivity contribution in [1.29, 1.82) is 0 Å². The highest BCUT2D eigenvalue weighted by Crippen LogP contribution is 2.25. The monoisotopic (exact) mass is 306 g/mol. The molecule has 1 unspecified atom stereocenters. The number of H-pyrrole nitrogens is 2. The van der Waals surface area contributed by atoms with Crippen LogP contribution in [0.15, 0.2) is 54.9 Å². The van der Waals surface area contributed by atoms with Crippen molar-refractivity contribution < 1.29 is 9.90 Å². The minimum Gasteiger partial charge on any atom is -0.378 e. The summed E-state index contributed by atoms with van der Waals surface area (Å²) in [4.78, 5) is 15.4. The first-order valence-electron chi connectivity index (χ1n) is 7.20. The fourth-order valence-electron chi connectivity index (χ4n) is 2.69. The van der Waals surface area contributed by atoms with Gasteiger partial charge in [0.05, 0.1) is 11.7 Å². The molecule has 1 amide bonds. The molecular weight excluding hydrogens is 292 g/mol. The van der Waals surface area contributed by atoms with Crippen molar-refractivity contribution in [3.05, 3.63) is 60.4 Å². The van der Waals surface area contributed by atoms with Crippen LogP contribution in [0, 0.1) is 0 Å². The van der Waals surface area contributed by atoms with Crippen molar-refractivity contribution in [3.8, 4) is 0 Å². The molecule has 0 aliphatic rings. The van der Waals surface area contributed by atoms with Gasteiger partial charge in [0.15, 0.2) is 6.10 Å². The number of hydrogen-bond acceptors (Lipinski definition) is 3. The van der Waals surface area contributed by atoms with E-state index in [0.717, 1.165) is 21.8 Å². The van der Waals surface area contributed by atoms with E-state index < -0.39 is 12.0 Å². The van der Waals surface area contributed by atoms with Gasteiger partial charge in [0.25, 0.3) is 5.91 Å². The minimum atomic E-state index is -1.24. The fraction of sp³-hybridized carbons (Fsp3) is 0.0588. The lowest BCUT2D eigenvalue weighted by Crippen LogP contribution is -2.20. The van der Waals surface area contributed by atoms with E-state index in [2.05, 4.69) is 20.5 Å². The Labute approximate surface area is 131 Å². The number of nitrogens with zero attached hydrogens (tertiary/aromatic N) is 1. The Balaban J connectivity index is 1.60. The van der Waals surface area contributed by atoms with Gasteiger partial charge in [-0.1, -0.05) is 18.2 Å². The van der Waals surface area contributed by atoms with E-state index in [-0.39, 0.29) is 0 Å². The van der Waals surface area contributed by atoms with E-state index >= 15 is 0 Å². The number of carbonyl (C=O) groups is 1. The summed E-state index contributed by atoms with van der Waals surface area (Å²) in [5.74, 6) is -0.474. The highest BCUT2D eigenvalue weighted by molar-refractivity contribution is 5.99. The fourth-order valence-corrected chi connectivity index (χ4v) is 2.69. The van der Waals surface area contributed by atoms with E-state index in [1.807, 2.05) is 30.3 Å². The van der Waals surface area contributed by atoms with Crippen LogP contribution in [-0.4, -0.2) is 26.2 Å². The maximum absolute atomic E-state index is 12.3. The molecule has 0 fully saturated rings. The molecule has 0 saturated heterocycles. The number of para-hydroxylation sites is 1. The van der Waals surface area contributed by atoms with Crippen molar-refractivity contribution in [2.45, 2.75) is 6.10 Å². The highest BCUT2D eigenvalue weighted by Gasteiger charge is 2.20. The number of aromatic amines is 2. The maximum Gasteiger partial charge on any atom is 0.257 e. The molecule has 6 nitrogen and oxygen atoms in total. The number of aromatic nitrogens is 3. The van der Waals surface area contributed by atoms with Crippen LogP contribution in [0.3, 0.4) is 0 Å². The third kappa shape index (κ3) is 2.35. The SMILES string of the molecule is O=C(Nc1ccc2[nH]ncc2c1)C(O)c1c[nH]c2ccccc12. The summed E-state index contributed by atoms with van der Waals surface area (Å²) in [6.45, 7) is 0. The van der Waals surface area contributed by atoms with Gasteiger partial charge in [-0.3, -0.25) is 9.89 Å². The Morgan fingerprint density at radius 1 is 1.17 bits per heavy atom. The number of aliphatic hydroxyl groups is 1. The summed E-state index contributed by atoms with van der Waals surface area (Å²) in [5, 5.41) is 21.6. The molecule has 2 heterocycles. The molecule has 4 N–H and O–H groups in total. The molecule has 0 aliphatic carbocycles. The molecular formula is C17H14N4O2. The topological polar surface area (TPSA) is 93.8 Å². The quantitative estimate of drug-likeness (QED) is 0.469. The van der Waals surface area contributed by atoms with Gasteiger partial charge in [0.2, 0.25) is 0 Å². The van der Waals surface area contributed by atoms with Gasteiger partial charge in [-0.05, 0) is 24.3 Å². The molecule has 4 aromatic rings. The van der Waals surface area contributed by atoms with Crippen LogP contribution in [0.1, 0.15) is 11.7 Å². The second kappa shape index (κ2) is 5.26. The molecule has 0 aliphatic heterocycles. The normalized spacial score (nSPS) is 12.6. The zero-order valence-corrected chi connectivity index (χ0v) is 12.1. The number of carbonyl (C=O) groups excluding carboxylic acids is 1. The van der Waals surface area contributed by atoms with Gasteiger partial charge in [0, 0.05) is 33.7 Å². The number of hydrogen-bond donors (Lipinski definition) is 4. The van der Waals surface area contributed by atoms with Crippen LogP contribution in [0.2, 0.25) is 0 Å². The molecule has 1 atom stereocenters. The third-order valence-corrected chi connectivity index (χ3v) is 3.87. The lowest BCUT2D eigenvalue weighted by Gasteiger charge is -2.11. The van der Waals surface area contributed by atoms with Crippen LogP contribution in [0.4, 0.5) is 5.69 Å². The van der Waals surface area contributed by atoms with Gasteiger partial charge >= 0.3 is 0 Å². The number of rotatable bonds is 3. The Morgan fingerprint density at radius 2 is 2.04 bits per heavy atom. The molecule has 6 heteroatoms. The predicted molar refractivity (Wildman–Crippen MR) is 88.0 cm³/mol. The first-order valence-corrected chi connectivity index (χ1v) is 7.20. The van der Waals surface area contributed by atoms with Crippen LogP contribution in [-0.2, 0) is 4.79 Å². The van der Waals surface area contributed by atoms with Crippen molar-refractivity contribution in [3.63, 3.8) is 0 Å².